The Hall–Kier alpha value is -7.28. The molecule has 0 unspecified atom stereocenters. The summed E-state index contributed by atoms with van der Waals surface area (Å²) in [5.41, 5.74) is 6.00. The molecule has 0 radical (unpaired) electrons. The summed E-state index contributed by atoms with van der Waals surface area (Å²) in [5.74, 6) is -0.761. The quantitative estimate of drug-likeness (QED) is 0.0173. The molecule has 0 aliphatic carbocycles. The van der Waals surface area contributed by atoms with Crippen LogP contribution in [0.5, 0.6) is 0 Å². The molecule has 4 aromatic carbocycles. The van der Waals surface area contributed by atoms with E-state index >= 15 is 0 Å². The Morgan fingerprint density at radius 2 is 0.779 bits per heavy atom. The van der Waals surface area contributed by atoms with Crippen LogP contribution in [0.3, 0.4) is 0 Å². The molecule has 0 aliphatic heterocycles. The Bertz CT molecular complexity index is 2970. The maximum Gasteiger partial charge on any atom is 0.272 e. The smallest absolute Gasteiger partial charge is 0.272 e. The molecular weight excluding hydrogens is 1160 g/mol. The molecule has 1 aromatic heterocycles. The lowest BCUT2D eigenvalue weighted by molar-refractivity contribution is -0.122. The highest BCUT2D eigenvalue weighted by Gasteiger charge is 2.23. The van der Waals surface area contributed by atoms with Gasteiger partial charge < -0.3 is 42.5 Å². The van der Waals surface area contributed by atoms with E-state index in [1.165, 1.54) is 6.92 Å². The fourth-order valence-corrected chi connectivity index (χ4v) is 9.97. The van der Waals surface area contributed by atoms with E-state index in [9.17, 15) is 38.4 Å². The maximum atomic E-state index is 13.3. The standard InChI is InChI=1S/C65H85Cl3N10O8/c1-46-61(77-78(56-36-35-54(67)43-55(56)68)62(46)50-31-33-53(66)34-32-50)65(86)74-42-14-4-3-13-38-70-57(80)19-9-7-17-40-72-63(84)52-29-25-49(26-30-52)45-76-60(83)22-12-6-16-39-71-58(81)20-10-8-18-41-73-64(85)51-27-23-48(24-28-51)44-75-59(82)21-11-5-15-37-69-47(2)79/h23-36,43H,3-22,37-42,44-45H2,1-2H3,(H,69,79)(H,70,80)(H,71,81)(H,72,84)(H,73,85)(H,74,86)(H,75,82)(H,76,83). The van der Waals surface area contributed by atoms with Gasteiger partial charge in [0.15, 0.2) is 5.69 Å². The first kappa shape index (κ1) is 69.5. The molecule has 0 bridgehead atoms. The molecule has 21 heteroatoms. The van der Waals surface area contributed by atoms with Crippen LogP contribution in [0.1, 0.15) is 183 Å². The average Bonchev–Trinajstić information content (AvgIpc) is 2.49. The summed E-state index contributed by atoms with van der Waals surface area (Å²) in [6.45, 7) is 7.34. The minimum atomic E-state index is -0.280. The van der Waals surface area contributed by atoms with Crippen molar-refractivity contribution in [3.05, 3.63) is 140 Å². The van der Waals surface area contributed by atoms with Crippen LogP contribution in [0.2, 0.25) is 15.1 Å². The van der Waals surface area contributed by atoms with Gasteiger partial charge in [-0.15, -0.1) is 0 Å². The van der Waals surface area contributed by atoms with Crippen molar-refractivity contribution in [1.29, 1.82) is 0 Å². The molecule has 464 valence electrons. The zero-order valence-electron chi connectivity index (χ0n) is 49.8. The number of rotatable bonds is 40. The number of nitrogens with one attached hydrogen (secondary N) is 8. The van der Waals surface area contributed by atoms with E-state index in [4.69, 9.17) is 34.8 Å². The first-order chi connectivity index (χ1) is 41.6. The predicted octanol–water partition coefficient (Wildman–Crippen LogP) is 10.8. The monoisotopic (exact) mass is 1240 g/mol. The summed E-state index contributed by atoms with van der Waals surface area (Å²) in [5, 5.41) is 29.5. The van der Waals surface area contributed by atoms with Gasteiger partial charge in [0, 0.05) is 117 Å². The van der Waals surface area contributed by atoms with E-state index in [2.05, 4.69) is 47.6 Å². The molecule has 0 spiro atoms. The third kappa shape index (κ3) is 26.5. The van der Waals surface area contributed by atoms with Crippen molar-refractivity contribution in [2.24, 2.45) is 0 Å². The lowest BCUT2D eigenvalue weighted by Gasteiger charge is -2.11. The Morgan fingerprint density at radius 3 is 1.20 bits per heavy atom. The minimum Gasteiger partial charge on any atom is -0.356 e. The molecule has 0 saturated carbocycles. The van der Waals surface area contributed by atoms with Gasteiger partial charge in [0.1, 0.15) is 0 Å². The number of benzene rings is 4. The summed E-state index contributed by atoms with van der Waals surface area (Å²) < 4.78 is 1.66. The van der Waals surface area contributed by atoms with Crippen LogP contribution in [-0.4, -0.2) is 96.3 Å². The lowest BCUT2D eigenvalue weighted by Crippen LogP contribution is -2.26. The third-order valence-corrected chi connectivity index (χ3v) is 15.1. The van der Waals surface area contributed by atoms with Crippen molar-refractivity contribution in [2.45, 2.75) is 155 Å². The zero-order valence-corrected chi connectivity index (χ0v) is 52.0. The molecule has 5 aromatic rings. The molecule has 5 rings (SSSR count). The molecule has 8 amide bonds. The van der Waals surface area contributed by atoms with Crippen molar-refractivity contribution in [2.75, 3.05) is 39.3 Å². The van der Waals surface area contributed by atoms with Gasteiger partial charge in [-0.05, 0) is 137 Å². The van der Waals surface area contributed by atoms with Crippen LogP contribution in [0.15, 0.2) is 91.0 Å². The largest absolute Gasteiger partial charge is 0.356 e. The van der Waals surface area contributed by atoms with Gasteiger partial charge in [0.2, 0.25) is 29.5 Å². The number of carbonyl (C=O) groups is 8. The number of nitrogens with zero attached hydrogens (tertiary/aromatic N) is 2. The minimum absolute atomic E-state index is 0.00825. The molecule has 0 atom stereocenters. The number of halogens is 3. The topological polar surface area (TPSA) is 251 Å². The van der Waals surface area contributed by atoms with Gasteiger partial charge in [-0.1, -0.05) is 110 Å². The van der Waals surface area contributed by atoms with Crippen LogP contribution in [-0.2, 0) is 37.1 Å². The molecule has 1 heterocycles. The van der Waals surface area contributed by atoms with E-state index in [0.717, 1.165) is 119 Å². The van der Waals surface area contributed by atoms with E-state index < -0.39 is 0 Å². The molecule has 0 fully saturated rings. The Labute approximate surface area is 521 Å². The molecule has 0 saturated heterocycles. The van der Waals surface area contributed by atoms with E-state index in [1.807, 2.05) is 43.3 Å². The Kier molecular flexibility index (Phi) is 31.9. The molecule has 86 heavy (non-hydrogen) atoms. The summed E-state index contributed by atoms with van der Waals surface area (Å²) in [6.07, 6.45) is 14.3. The van der Waals surface area contributed by atoms with Gasteiger partial charge in [0.25, 0.3) is 17.7 Å². The van der Waals surface area contributed by atoms with E-state index in [0.29, 0.717) is 128 Å². The van der Waals surface area contributed by atoms with Crippen molar-refractivity contribution in [1.82, 2.24) is 52.3 Å². The summed E-state index contributed by atoms with van der Waals surface area (Å²) in [7, 11) is 0. The molecule has 0 aliphatic rings. The average molecular weight is 1240 g/mol. The first-order valence-corrected chi connectivity index (χ1v) is 31.4. The predicted molar refractivity (Wildman–Crippen MR) is 339 cm³/mol. The molecule has 8 N–H and O–H groups in total. The van der Waals surface area contributed by atoms with Crippen LogP contribution in [0, 0.1) is 6.92 Å². The van der Waals surface area contributed by atoms with Gasteiger partial charge in [0.05, 0.1) is 16.4 Å². The second-order valence-electron chi connectivity index (χ2n) is 21.4. The fraction of sp³-hybridized carbons (Fsp3) is 0.462. The van der Waals surface area contributed by atoms with Crippen molar-refractivity contribution in [3.63, 3.8) is 0 Å². The third-order valence-electron chi connectivity index (χ3n) is 14.3. The number of aromatic nitrogens is 2. The van der Waals surface area contributed by atoms with Gasteiger partial charge in [-0.25, -0.2) is 4.68 Å². The number of carbonyl (C=O) groups excluding carboxylic acids is 8. The number of hydrogen-bond acceptors (Lipinski definition) is 9. The Balaban J connectivity index is 0.794. The van der Waals surface area contributed by atoms with Crippen LogP contribution < -0.4 is 42.5 Å². The summed E-state index contributed by atoms with van der Waals surface area (Å²) in [4.78, 5) is 98.9. The normalized spacial score (nSPS) is 10.9. The lowest BCUT2D eigenvalue weighted by atomic mass is 10.1. The van der Waals surface area contributed by atoms with Crippen LogP contribution in [0.4, 0.5) is 0 Å². The van der Waals surface area contributed by atoms with Crippen molar-refractivity contribution in [3.8, 4) is 16.9 Å². The maximum absolute atomic E-state index is 13.3. The van der Waals surface area contributed by atoms with Gasteiger partial charge >= 0.3 is 0 Å². The van der Waals surface area contributed by atoms with Crippen molar-refractivity contribution >= 4 is 82.1 Å². The van der Waals surface area contributed by atoms with Gasteiger partial charge in [-0.2, -0.15) is 5.10 Å². The molecular formula is C65H85Cl3N10O8. The van der Waals surface area contributed by atoms with Crippen molar-refractivity contribution < 1.29 is 38.4 Å². The van der Waals surface area contributed by atoms with E-state index in [1.54, 1.807) is 59.3 Å². The van der Waals surface area contributed by atoms with Crippen LogP contribution >= 0.6 is 34.8 Å². The number of amides is 8. The first-order valence-electron chi connectivity index (χ1n) is 30.2. The second-order valence-corrected chi connectivity index (χ2v) is 22.7. The molecule has 18 nitrogen and oxygen atoms in total. The second kappa shape index (κ2) is 39.4. The summed E-state index contributed by atoms with van der Waals surface area (Å²) >= 11 is 18.9. The number of hydrogen-bond donors (Lipinski definition) is 8. The SMILES string of the molecule is CC(=O)NCCCCCC(=O)NCc1ccc(C(=O)NCCCCCC(=O)NCCCCCC(=O)NCc2ccc(C(=O)NCCCCCC(=O)NCCCCCCNC(=O)c3nn(-c4ccc(Cl)cc4Cl)c(-c4ccc(Cl)cc4)c3C)cc2)cc1. The van der Waals surface area contributed by atoms with Gasteiger partial charge in [-0.3, -0.25) is 38.4 Å². The highest BCUT2D eigenvalue weighted by Crippen LogP contribution is 2.33. The van der Waals surface area contributed by atoms with Crippen LogP contribution in [0.25, 0.3) is 16.9 Å². The zero-order chi connectivity index (χ0) is 61.9. The Morgan fingerprint density at radius 1 is 0.407 bits per heavy atom. The highest BCUT2D eigenvalue weighted by molar-refractivity contribution is 6.35. The number of unbranched alkanes of at least 4 members (excludes halogenated alkanes) is 11. The summed E-state index contributed by atoms with van der Waals surface area (Å²) in [6, 6.07) is 26.7. The fourth-order valence-electron chi connectivity index (χ4n) is 9.35. The van der Waals surface area contributed by atoms with E-state index in [-0.39, 0.29) is 47.3 Å². The highest BCUT2D eigenvalue weighted by atomic mass is 35.5.